The Morgan fingerprint density at radius 2 is 2.04 bits per heavy atom. The van der Waals surface area contributed by atoms with E-state index >= 15 is 0 Å². The van der Waals surface area contributed by atoms with Gasteiger partial charge in [-0.25, -0.2) is 0 Å². The molecule has 0 atom stereocenters. The lowest BCUT2D eigenvalue weighted by molar-refractivity contribution is -0.127. The molecule has 1 aromatic carbocycles. The highest BCUT2D eigenvalue weighted by atomic mass is 16.5. The van der Waals surface area contributed by atoms with Crippen LogP contribution in [0.25, 0.3) is 0 Å². The average molecular weight is 336 g/mol. The molecule has 0 unspecified atom stereocenters. The van der Waals surface area contributed by atoms with Gasteiger partial charge < -0.3 is 19.5 Å². The molecule has 1 aliphatic heterocycles. The van der Waals surface area contributed by atoms with Gasteiger partial charge in [-0.15, -0.1) is 0 Å². The Labute approximate surface area is 144 Å². The van der Waals surface area contributed by atoms with Crippen molar-refractivity contribution in [3.63, 3.8) is 0 Å². The maximum absolute atomic E-state index is 12.1. The summed E-state index contributed by atoms with van der Waals surface area (Å²) in [5.74, 6) is 0.839. The van der Waals surface area contributed by atoms with E-state index in [9.17, 15) is 4.79 Å². The zero-order chi connectivity index (χ0) is 17.4. The molecule has 6 nitrogen and oxygen atoms in total. The van der Waals surface area contributed by atoms with Crippen molar-refractivity contribution in [3.05, 3.63) is 29.8 Å². The number of nitrogens with one attached hydrogen (secondary N) is 1. The molecule has 2 rings (SSSR count). The normalized spacial score (nSPS) is 17.5. The van der Waals surface area contributed by atoms with Gasteiger partial charge in [0, 0.05) is 26.7 Å². The first kappa shape index (κ1) is 18.7. The molecule has 0 saturated carbocycles. The molecule has 0 aliphatic carbocycles. The number of carbonyl (C=O) groups is 1. The van der Waals surface area contributed by atoms with Gasteiger partial charge in [0.1, 0.15) is 12.4 Å². The lowest BCUT2D eigenvalue weighted by Gasteiger charge is -2.37. The fraction of sp³-hybridized carbons (Fsp3) is 0.611. The largest absolute Gasteiger partial charge is 0.491 e. The van der Waals surface area contributed by atoms with Crippen molar-refractivity contribution in [2.24, 2.45) is 0 Å². The molecular weight excluding hydrogens is 308 g/mol. The fourth-order valence-electron chi connectivity index (χ4n) is 2.66. The van der Waals surface area contributed by atoms with E-state index in [1.54, 1.807) is 7.11 Å². The number of carbonyl (C=O) groups excluding carboxylic acids is 1. The van der Waals surface area contributed by atoms with Crippen molar-refractivity contribution in [1.29, 1.82) is 0 Å². The molecule has 0 spiro atoms. The van der Waals surface area contributed by atoms with E-state index in [-0.39, 0.29) is 11.5 Å². The first-order valence-corrected chi connectivity index (χ1v) is 8.32. The first-order valence-electron chi connectivity index (χ1n) is 8.32. The summed E-state index contributed by atoms with van der Waals surface area (Å²) in [4.78, 5) is 14.2. The smallest absolute Gasteiger partial charge is 0.234 e. The Morgan fingerprint density at radius 1 is 1.29 bits per heavy atom. The minimum atomic E-state index is -0.183. The van der Waals surface area contributed by atoms with Crippen LogP contribution in [0.5, 0.6) is 5.75 Å². The summed E-state index contributed by atoms with van der Waals surface area (Å²) in [7, 11) is 1.65. The van der Waals surface area contributed by atoms with Crippen LogP contribution in [0.15, 0.2) is 24.3 Å². The minimum Gasteiger partial charge on any atom is -0.491 e. The van der Waals surface area contributed by atoms with E-state index in [0.717, 1.165) is 24.4 Å². The van der Waals surface area contributed by atoms with Gasteiger partial charge in [0.05, 0.1) is 25.4 Å². The zero-order valence-electron chi connectivity index (χ0n) is 14.8. The van der Waals surface area contributed by atoms with Crippen molar-refractivity contribution < 1.29 is 19.0 Å². The van der Waals surface area contributed by atoms with Crippen LogP contribution >= 0.6 is 0 Å². The summed E-state index contributed by atoms with van der Waals surface area (Å²) in [5.41, 5.74) is 0.863. The SMILES string of the molecule is COCCOc1ccc(CNC(=O)CN2CCOC(C)(C)C2)cc1. The van der Waals surface area contributed by atoms with Gasteiger partial charge in [-0.05, 0) is 31.5 Å². The van der Waals surface area contributed by atoms with E-state index in [1.807, 2.05) is 38.1 Å². The number of ether oxygens (including phenoxy) is 3. The highest BCUT2D eigenvalue weighted by molar-refractivity contribution is 5.78. The van der Waals surface area contributed by atoms with E-state index in [1.165, 1.54) is 0 Å². The maximum Gasteiger partial charge on any atom is 0.234 e. The molecule has 6 heteroatoms. The highest BCUT2D eigenvalue weighted by Crippen LogP contribution is 2.16. The molecule has 0 aromatic heterocycles. The van der Waals surface area contributed by atoms with Gasteiger partial charge in [-0.2, -0.15) is 0 Å². The molecule has 1 amide bonds. The predicted molar refractivity (Wildman–Crippen MR) is 92.1 cm³/mol. The van der Waals surface area contributed by atoms with Crippen molar-refractivity contribution in [1.82, 2.24) is 10.2 Å². The summed E-state index contributed by atoms with van der Waals surface area (Å²) in [6.45, 7) is 8.36. The molecule has 1 heterocycles. The van der Waals surface area contributed by atoms with Crippen LogP contribution in [0.2, 0.25) is 0 Å². The Bertz CT molecular complexity index is 516. The topological polar surface area (TPSA) is 60.0 Å². The highest BCUT2D eigenvalue weighted by Gasteiger charge is 2.27. The number of methoxy groups -OCH3 is 1. The van der Waals surface area contributed by atoms with Gasteiger partial charge in [0.15, 0.2) is 0 Å². The second-order valence-corrected chi connectivity index (χ2v) is 6.58. The van der Waals surface area contributed by atoms with E-state index < -0.39 is 0 Å². The number of hydrogen-bond donors (Lipinski definition) is 1. The Hall–Kier alpha value is -1.63. The Morgan fingerprint density at radius 3 is 2.71 bits per heavy atom. The molecule has 0 radical (unpaired) electrons. The molecule has 1 saturated heterocycles. The number of rotatable bonds is 8. The second kappa shape index (κ2) is 9.01. The monoisotopic (exact) mass is 336 g/mol. The Kier molecular flexibility index (Phi) is 7.02. The number of nitrogens with zero attached hydrogens (tertiary/aromatic N) is 1. The first-order chi connectivity index (χ1) is 11.5. The van der Waals surface area contributed by atoms with Crippen molar-refractivity contribution in [2.75, 3.05) is 46.6 Å². The van der Waals surface area contributed by atoms with E-state index in [0.29, 0.717) is 32.9 Å². The molecule has 1 aliphatic rings. The number of hydrogen-bond acceptors (Lipinski definition) is 5. The number of amides is 1. The summed E-state index contributed by atoms with van der Waals surface area (Å²) >= 11 is 0. The van der Waals surface area contributed by atoms with E-state index in [2.05, 4.69) is 10.2 Å². The van der Waals surface area contributed by atoms with Crippen LogP contribution in [0, 0.1) is 0 Å². The van der Waals surface area contributed by atoms with Gasteiger partial charge in [0.2, 0.25) is 5.91 Å². The molecule has 0 bridgehead atoms. The minimum absolute atomic E-state index is 0.0353. The van der Waals surface area contributed by atoms with Crippen LogP contribution in [0.4, 0.5) is 0 Å². The van der Waals surface area contributed by atoms with Crippen LogP contribution in [-0.2, 0) is 20.8 Å². The second-order valence-electron chi connectivity index (χ2n) is 6.58. The molecule has 1 fully saturated rings. The van der Waals surface area contributed by atoms with Crippen LogP contribution in [0.3, 0.4) is 0 Å². The summed E-state index contributed by atoms with van der Waals surface area (Å²) in [5, 5.41) is 2.96. The molecule has 24 heavy (non-hydrogen) atoms. The average Bonchev–Trinajstić information content (AvgIpc) is 2.53. The third-order valence-corrected chi connectivity index (χ3v) is 3.84. The summed E-state index contributed by atoms with van der Waals surface area (Å²) < 4.78 is 16.1. The summed E-state index contributed by atoms with van der Waals surface area (Å²) in [6, 6.07) is 7.73. The number of benzene rings is 1. The predicted octanol–water partition coefficient (Wildman–Crippen LogP) is 1.44. The van der Waals surface area contributed by atoms with Gasteiger partial charge >= 0.3 is 0 Å². The van der Waals surface area contributed by atoms with Crippen LogP contribution in [-0.4, -0.2) is 63.0 Å². The number of morpholine rings is 1. The van der Waals surface area contributed by atoms with E-state index in [4.69, 9.17) is 14.2 Å². The molecule has 1 N–H and O–H groups in total. The molecular formula is C18H28N2O4. The van der Waals surface area contributed by atoms with Crippen molar-refractivity contribution in [2.45, 2.75) is 26.0 Å². The van der Waals surface area contributed by atoms with Gasteiger partial charge in [-0.3, -0.25) is 9.69 Å². The lowest BCUT2D eigenvalue weighted by atomic mass is 10.1. The van der Waals surface area contributed by atoms with Crippen molar-refractivity contribution in [3.8, 4) is 5.75 Å². The van der Waals surface area contributed by atoms with Crippen molar-refractivity contribution >= 4 is 5.91 Å². The van der Waals surface area contributed by atoms with Gasteiger partial charge in [0.25, 0.3) is 0 Å². The maximum atomic E-state index is 12.1. The third-order valence-electron chi connectivity index (χ3n) is 3.84. The molecule has 134 valence electrons. The van der Waals surface area contributed by atoms with Crippen LogP contribution < -0.4 is 10.1 Å². The Balaban J connectivity index is 1.71. The van der Waals surface area contributed by atoms with Gasteiger partial charge in [-0.1, -0.05) is 12.1 Å². The fourth-order valence-corrected chi connectivity index (χ4v) is 2.66. The van der Waals surface area contributed by atoms with Crippen LogP contribution in [0.1, 0.15) is 19.4 Å². The quantitative estimate of drug-likeness (QED) is 0.728. The molecule has 1 aromatic rings. The third kappa shape index (κ3) is 6.47. The lowest BCUT2D eigenvalue weighted by Crippen LogP contribution is -2.51. The zero-order valence-corrected chi connectivity index (χ0v) is 14.8. The standard InChI is InChI=1S/C18H28N2O4/c1-18(2)14-20(8-9-24-18)13-17(21)19-12-15-4-6-16(7-5-15)23-11-10-22-3/h4-7H,8-14H2,1-3H3,(H,19,21). The summed E-state index contributed by atoms with van der Waals surface area (Å²) in [6.07, 6.45) is 0.